The van der Waals surface area contributed by atoms with E-state index in [0.29, 0.717) is 17.9 Å². The normalized spacial score (nSPS) is 26.4. The summed E-state index contributed by atoms with van der Waals surface area (Å²) < 4.78 is 23.4. The van der Waals surface area contributed by atoms with Crippen LogP contribution in [-0.4, -0.2) is 10.00 Å². The van der Waals surface area contributed by atoms with Crippen LogP contribution in [0.3, 0.4) is 0 Å². The molecule has 0 bridgehead atoms. The van der Waals surface area contributed by atoms with Gasteiger partial charge in [0.05, 0.1) is 4.75 Å². The van der Waals surface area contributed by atoms with Crippen LogP contribution in [0.5, 0.6) is 0 Å². The van der Waals surface area contributed by atoms with Gasteiger partial charge in [0.1, 0.15) is 0 Å². The summed E-state index contributed by atoms with van der Waals surface area (Å²) in [5.41, 5.74) is 1.48. The maximum atomic E-state index is 12.1. The quantitative estimate of drug-likeness (QED) is 0.280. The number of nitrogens with zero attached hydrogens (tertiary/aromatic N) is 1. The Labute approximate surface area is 127 Å². The molecule has 1 aliphatic carbocycles. The molecule has 0 spiro atoms. The lowest BCUT2D eigenvalue weighted by molar-refractivity contribution is -0.0408. The molecule has 1 fully saturated rings. The van der Waals surface area contributed by atoms with Crippen LogP contribution in [-0.2, 0) is 0 Å². The minimum atomic E-state index is -0.781. The third kappa shape index (κ3) is 5.36. The van der Waals surface area contributed by atoms with Crippen LogP contribution >= 0.6 is 11.9 Å². The highest BCUT2D eigenvalue weighted by Gasteiger charge is 2.35. The third-order valence-corrected chi connectivity index (χ3v) is 5.60. The van der Waals surface area contributed by atoms with Gasteiger partial charge in [0.25, 0.3) is 0 Å². The van der Waals surface area contributed by atoms with E-state index in [1.54, 1.807) is 0 Å². The van der Waals surface area contributed by atoms with E-state index in [1.165, 1.54) is 31.3 Å². The van der Waals surface area contributed by atoms with Crippen molar-refractivity contribution < 1.29 is 8.96 Å². The molecular formula is C16H29F2NS. The monoisotopic (exact) mass is 305 g/mol. The Hall–Kier alpha value is -0.0900. The molecule has 0 amide bonds. The molecule has 0 saturated heterocycles. The first-order valence-electron chi connectivity index (χ1n) is 7.94. The summed E-state index contributed by atoms with van der Waals surface area (Å²) in [5, 5.41) is -0.0266. The molecule has 1 rings (SSSR count). The molecule has 1 saturated carbocycles. The number of rotatable bonds is 9. The van der Waals surface area contributed by atoms with Crippen LogP contribution in [0.15, 0.2) is 11.6 Å². The van der Waals surface area contributed by atoms with Crippen molar-refractivity contribution in [1.29, 1.82) is 0 Å². The summed E-state index contributed by atoms with van der Waals surface area (Å²) in [5.74, 6) is 2.47. The highest BCUT2D eigenvalue weighted by atomic mass is 32.2. The molecule has 4 atom stereocenters. The van der Waals surface area contributed by atoms with Gasteiger partial charge in [-0.2, -0.15) is 0 Å². The summed E-state index contributed by atoms with van der Waals surface area (Å²) in [4.78, 5) is 0. The minimum absolute atomic E-state index is 0.0266. The Morgan fingerprint density at radius 1 is 1.35 bits per heavy atom. The van der Waals surface area contributed by atoms with Crippen molar-refractivity contribution >= 4 is 11.9 Å². The van der Waals surface area contributed by atoms with Crippen LogP contribution in [0.4, 0.5) is 8.96 Å². The van der Waals surface area contributed by atoms with Gasteiger partial charge in [0, 0.05) is 5.25 Å². The number of allylic oxidation sites excluding steroid dienone is 2. The van der Waals surface area contributed by atoms with Gasteiger partial charge in [-0.1, -0.05) is 47.8 Å². The first-order valence-corrected chi connectivity index (χ1v) is 8.78. The van der Waals surface area contributed by atoms with E-state index in [-0.39, 0.29) is 5.25 Å². The van der Waals surface area contributed by atoms with Gasteiger partial charge in [-0.05, 0) is 68.7 Å². The smallest absolute Gasteiger partial charge is 0.0821 e. The van der Waals surface area contributed by atoms with Crippen molar-refractivity contribution in [2.45, 2.75) is 71.5 Å². The Morgan fingerprint density at radius 3 is 2.50 bits per heavy atom. The van der Waals surface area contributed by atoms with Gasteiger partial charge in [0.2, 0.25) is 0 Å². The van der Waals surface area contributed by atoms with Crippen LogP contribution < -0.4 is 0 Å². The SMILES string of the molecule is CCC(/C(C)=C/CCC(C)SN(F)F)C1CC[C@H]1CC. The molecule has 0 aromatic heterocycles. The van der Waals surface area contributed by atoms with E-state index in [0.717, 1.165) is 24.7 Å². The van der Waals surface area contributed by atoms with E-state index >= 15 is 0 Å². The fraction of sp³-hybridized carbons (Fsp3) is 0.875. The Bertz CT molecular complexity index is 305. The molecular weight excluding hydrogens is 276 g/mol. The summed E-state index contributed by atoms with van der Waals surface area (Å²) >= 11 is 0.617. The average molecular weight is 305 g/mol. The predicted octanol–water partition coefficient (Wildman–Crippen LogP) is 6.28. The summed E-state index contributed by atoms with van der Waals surface area (Å²) in [6, 6.07) is 0. The van der Waals surface area contributed by atoms with Gasteiger partial charge in [-0.15, -0.1) is 0 Å². The summed E-state index contributed by atoms with van der Waals surface area (Å²) in [6.45, 7) is 8.65. The molecule has 0 radical (unpaired) electrons. The van der Waals surface area contributed by atoms with Crippen molar-refractivity contribution in [3.05, 3.63) is 11.6 Å². The number of hydrogen-bond donors (Lipinski definition) is 0. The van der Waals surface area contributed by atoms with Gasteiger partial charge in [-0.3, -0.25) is 0 Å². The van der Waals surface area contributed by atoms with Gasteiger partial charge < -0.3 is 0 Å². The molecule has 1 nitrogen and oxygen atoms in total. The van der Waals surface area contributed by atoms with E-state index in [2.05, 4.69) is 26.8 Å². The fourth-order valence-electron chi connectivity index (χ4n) is 3.48. The van der Waals surface area contributed by atoms with E-state index < -0.39 is 4.75 Å². The molecule has 4 heteroatoms. The second-order valence-corrected chi connectivity index (χ2v) is 7.36. The van der Waals surface area contributed by atoms with E-state index in [9.17, 15) is 8.96 Å². The van der Waals surface area contributed by atoms with Crippen molar-refractivity contribution in [2.24, 2.45) is 17.8 Å². The molecule has 1 aliphatic rings. The summed E-state index contributed by atoms with van der Waals surface area (Å²) in [7, 11) is 0. The molecule has 20 heavy (non-hydrogen) atoms. The van der Waals surface area contributed by atoms with E-state index in [4.69, 9.17) is 0 Å². The zero-order valence-electron chi connectivity index (χ0n) is 13.2. The zero-order chi connectivity index (χ0) is 15.1. The molecule has 118 valence electrons. The molecule has 0 aromatic rings. The Kier molecular flexibility index (Phi) is 8.11. The molecule has 0 heterocycles. The average Bonchev–Trinajstić information content (AvgIpc) is 2.33. The lowest BCUT2D eigenvalue weighted by atomic mass is 9.63. The molecule has 3 unspecified atom stereocenters. The minimum Gasteiger partial charge on any atom is -0.0890 e. The lowest BCUT2D eigenvalue weighted by Crippen LogP contribution is -2.32. The van der Waals surface area contributed by atoms with E-state index in [1.807, 2.05) is 6.92 Å². The molecule has 0 aliphatic heterocycles. The topological polar surface area (TPSA) is 3.24 Å². The standard InChI is InChI=1S/C16H29F2NS/c1-5-14-10-11-16(14)15(6-2)12(3)8-7-9-13(4)20-19(17)18/h8,13-16H,5-7,9-11H2,1-4H3/b12-8+/t13?,14-,15?,16?/m1/s1. The van der Waals surface area contributed by atoms with Crippen molar-refractivity contribution in [2.75, 3.05) is 0 Å². The van der Waals surface area contributed by atoms with Crippen molar-refractivity contribution in [3.8, 4) is 0 Å². The summed E-state index contributed by atoms with van der Waals surface area (Å²) in [6.07, 6.45) is 9.27. The number of halogens is 2. The first kappa shape index (κ1) is 18.0. The van der Waals surface area contributed by atoms with Gasteiger partial charge in [-0.25, -0.2) is 0 Å². The maximum Gasteiger partial charge on any atom is 0.0821 e. The third-order valence-electron chi connectivity index (χ3n) is 4.84. The van der Waals surface area contributed by atoms with Crippen LogP contribution in [0, 0.1) is 17.8 Å². The Balaban J connectivity index is 2.41. The fourth-order valence-corrected chi connectivity index (χ4v) is 3.99. The van der Waals surface area contributed by atoms with Gasteiger partial charge >= 0.3 is 0 Å². The highest BCUT2D eigenvalue weighted by molar-refractivity contribution is 7.97. The second kappa shape index (κ2) is 9.04. The zero-order valence-corrected chi connectivity index (χ0v) is 14.1. The molecule has 0 aromatic carbocycles. The molecule has 0 N–H and O–H groups in total. The maximum absolute atomic E-state index is 12.1. The Morgan fingerprint density at radius 2 is 2.05 bits per heavy atom. The first-order chi connectivity index (χ1) is 9.49. The highest BCUT2D eigenvalue weighted by Crippen LogP contribution is 2.45. The van der Waals surface area contributed by atoms with Crippen molar-refractivity contribution in [3.63, 3.8) is 0 Å². The van der Waals surface area contributed by atoms with Crippen molar-refractivity contribution in [1.82, 2.24) is 4.75 Å². The largest absolute Gasteiger partial charge is 0.0890 e. The lowest BCUT2D eigenvalue weighted by Gasteiger charge is -2.42. The second-order valence-electron chi connectivity index (χ2n) is 6.07. The van der Waals surface area contributed by atoms with Crippen LogP contribution in [0.1, 0.15) is 66.2 Å². The van der Waals surface area contributed by atoms with Crippen LogP contribution in [0.25, 0.3) is 0 Å². The van der Waals surface area contributed by atoms with Crippen LogP contribution in [0.2, 0.25) is 0 Å². The predicted molar refractivity (Wildman–Crippen MR) is 84.4 cm³/mol. The number of hydrogen-bond acceptors (Lipinski definition) is 2. The van der Waals surface area contributed by atoms with Gasteiger partial charge in [0.15, 0.2) is 0 Å².